The molecule has 0 fully saturated rings. The van der Waals surface area contributed by atoms with Gasteiger partial charge in [0.05, 0.1) is 17.8 Å². The van der Waals surface area contributed by atoms with E-state index in [4.69, 9.17) is 4.74 Å². The van der Waals surface area contributed by atoms with Gasteiger partial charge in [0.25, 0.3) is 5.91 Å². The molecule has 0 bridgehead atoms. The first-order chi connectivity index (χ1) is 16.1. The molecule has 165 valence electrons. The Balaban J connectivity index is 1.31. The highest BCUT2D eigenvalue weighted by Crippen LogP contribution is 2.26. The average molecular weight is 458 g/mol. The summed E-state index contributed by atoms with van der Waals surface area (Å²) in [5, 5.41) is 7.68. The molecule has 2 amide bonds. The fourth-order valence-corrected chi connectivity index (χ4v) is 3.76. The Kier molecular flexibility index (Phi) is 7.16. The molecule has 33 heavy (non-hydrogen) atoms. The summed E-state index contributed by atoms with van der Waals surface area (Å²) in [4.78, 5) is 32.9. The highest BCUT2D eigenvalue weighted by molar-refractivity contribution is 7.14. The molecule has 4 rings (SSSR count). The minimum atomic E-state index is -0.342. The van der Waals surface area contributed by atoms with E-state index in [-0.39, 0.29) is 18.4 Å². The molecule has 0 aliphatic heterocycles. The van der Waals surface area contributed by atoms with Gasteiger partial charge in [0.1, 0.15) is 12.4 Å². The number of hydrogen-bond acceptors (Lipinski definition) is 6. The van der Waals surface area contributed by atoms with E-state index in [0.717, 1.165) is 22.6 Å². The zero-order valence-electron chi connectivity index (χ0n) is 17.9. The van der Waals surface area contributed by atoms with Crippen LogP contribution >= 0.6 is 11.3 Å². The van der Waals surface area contributed by atoms with Crippen LogP contribution in [0.3, 0.4) is 0 Å². The lowest BCUT2D eigenvalue weighted by Gasteiger charge is -2.07. The molecule has 0 aliphatic carbocycles. The van der Waals surface area contributed by atoms with Crippen LogP contribution in [0.2, 0.25) is 6.82 Å². The first-order valence-corrected chi connectivity index (χ1v) is 11.1. The summed E-state index contributed by atoms with van der Waals surface area (Å²) in [5.74, 6) is 0.101. The van der Waals surface area contributed by atoms with E-state index in [2.05, 4.69) is 20.6 Å². The molecule has 0 unspecified atom stereocenters. The van der Waals surface area contributed by atoms with Crippen molar-refractivity contribution in [2.24, 2.45) is 0 Å². The van der Waals surface area contributed by atoms with Crippen LogP contribution in [0, 0.1) is 0 Å². The molecule has 2 N–H and O–H groups in total. The van der Waals surface area contributed by atoms with Crippen LogP contribution in [0.25, 0.3) is 11.3 Å². The van der Waals surface area contributed by atoms with Gasteiger partial charge in [0.2, 0.25) is 13.3 Å². The fourth-order valence-electron chi connectivity index (χ4n) is 3.02. The molecule has 4 aromatic rings. The zero-order chi connectivity index (χ0) is 23.0. The van der Waals surface area contributed by atoms with Gasteiger partial charge in [0.15, 0.2) is 5.13 Å². The van der Waals surface area contributed by atoms with Gasteiger partial charge >= 0.3 is 0 Å². The number of hydrogen-bond donors (Lipinski definition) is 2. The van der Waals surface area contributed by atoms with Crippen molar-refractivity contribution >= 4 is 35.7 Å². The summed E-state index contributed by atoms with van der Waals surface area (Å²) in [6, 6.07) is 13.2. The third-order valence-electron chi connectivity index (χ3n) is 4.71. The standard InChI is InChI=1S/C23H21BN5O3S/c1-24-29-10-7-18(13-29)22(31)26-12-21(30)28-23-27-20(15-33-23)17-4-2-3-16(11-17)14-32-19-5-8-25-9-6-19/h2-11,13,15H,12,14H2,1H3,(H,26,31)(H,27,28,30). The van der Waals surface area contributed by atoms with E-state index in [9.17, 15) is 9.59 Å². The van der Waals surface area contributed by atoms with Crippen molar-refractivity contribution in [1.82, 2.24) is 19.8 Å². The molecule has 8 nitrogen and oxygen atoms in total. The van der Waals surface area contributed by atoms with Gasteiger partial charge in [-0.1, -0.05) is 25.0 Å². The summed E-state index contributed by atoms with van der Waals surface area (Å²) in [6.45, 7) is 2.14. The van der Waals surface area contributed by atoms with Crippen molar-refractivity contribution in [2.45, 2.75) is 13.4 Å². The van der Waals surface area contributed by atoms with Gasteiger partial charge in [-0.25, -0.2) is 4.98 Å². The van der Waals surface area contributed by atoms with E-state index < -0.39 is 0 Å². The molecule has 0 atom stereocenters. The second kappa shape index (κ2) is 10.6. The SMILES string of the molecule is C[B]n1ccc(C(=O)NCC(=O)Nc2nc(-c3cccc(COc4ccncc4)c3)cs2)c1. The summed E-state index contributed by atoms with van der Waals surface area (Å²) in [6.07, 6.45) is 6.83. The van der Waals surface area contributed by atoms with Crippen molar-refractivity contribution in [3.63, 3.8) is 0 Å². The first-order valence-electron chi connectivity index (χ1n) is 10.2. The molecule has 0 saturated carbocycles. The molecule has 1 radical (unpaired) electrons. The Morgan fingerprint density at radius 2 is 2.03 bits per heavy atom. The lowest BCUT2D eigenvalue weighted by Crippen LogP contribution is -2.32. The average Bonchev–Trinajstić information content (AvgIpc) is 3.52. The van der Waals surface area contributed by atoms with E-state index >= 15 is 0 Å². The topological polar surface area (TPSA) is 98.1 Å². The van der Waals surface area contributed by atoms with Crippen LogP contribution in [0.15, 0.2) is 72.6 Å². The van der Waals surface area contributed by atoms with Crippen molar-refractivity contribution in [3.05, 3.63) is 83.8 Å². The molecule has 3 aromatic heterocycles. The lowest BCUT2D eigenvalue weighted by molar-refractivity contribution is -0.115. The fraction of sp³-hybridized carbons (Fsp3) is 0.130. The maximum absolute atomic E-state index is 12.2. The number of nitrogens with zero attached hydrogens (tertiary/aromatic N) is 3. The van der Waals surface area contributed by atoms with Crippen molar-refractivity contribution in [3.8, 4) is 17.0 Å². The molecule has 0 spiro atoms. The minimum Gasteiger partial charge on any atom is -0.489 e. The van der Waals surface area contributed by atoms with Gasteiger partial charge in [-0.15, -0.1) is 11.3 Å². The van der Waals surface area contributed by atoms with Gasteiger partial charge in [0, 0.05) is 29.5 Å². The second-order valence-electron chi connectivity index (χ2n) is 7.05. The first kappa shape index (κ1) is 22.3. The monoisotopic (exact) mass is 458 g/mol. The Bertz CT molecular complexity index is 1240. The number of carbonyl (C=O) groups is 2. The number of benzene rings is 1. The molecular weight excluding hydrogens is 437 g/mol. The van der Waals surface area contributed by atoms with Crippen LogP contribution in [-0.2, 0) is 11.4 Å². The van der Waals surface area contributed by atoms with Gasteiger partial charge < -0.3 is 19.8 Å². The summed E-state index contributed by atoms with van der Waals surface area (Å²) >= 11 is 1.32. The highest BCUT2D eigenvalue weighted by Gasteiger charge is 2.12. The van der Waals surface area contributed by atoms with Gasteiger partial charge in [-0.3, -0.25) is 14.6 Å². The third-order valence-corrected chi connectivity index (χ3v) is 5.47. The number of ether oxygens (including phenoxy) is 1. The van der Waals surface area contributed by atoms with Crippen LogP contribution in [-0.4, -0.2) is 40.2 Å². The number of thiazole rings is 1. The van der Waals surface area contributed by atoms with E-state index in [0.29, 0.717) is 17.3 Å². The van der Waals surface area contributed by atoms with Crippen LogP contribution in [0.4, 0.5) is 5.13 Å². The molecule has 10 heteroatoms. The Hall–Kier alpha value is -3.92. The van der Waals surface area contributed by atoms with Crippen LogP contribution in [0.5, 0.6) is 5.75 Å². The predicted octanol–water partition coefficient (Wildman–Crippen LogP) is 3.47. The molecular formula is C23H21BN5O3S. The van der Waals surface area contributed by atoms with E-state index in [1.54, 1.807) is 35.3 Å². The van der Waals surface area contributed by atoms with Crippen molar-refractivity contribution < 1.29 is 14.3 Å². The van der Waals surface area contributed by atoms with E-state index in [1.165, 1.54) is 11.3 Å². The van der Waals surface area contributed by atoms with Gasteiger partial charge in [-0.2, -0.15) is 0 Å². The highest BCUT2D eigenvalue weighted by atomic mass is 32.1. The summed E-state index contributed by atoms with van der Waals surface area (Å²) < 4.78 is 7.54. The molecule has 3 heterocycles. The predicted molar refractivity (Wildman–Crippen MR) is 129 cm³/mol. The number of carbonyl (C=O) groups excluding carboxylic acids is 2. The number of rotatable bonds is 9. The maximum Gasteiger partial charge on any atom is 0.253 e. The largest absolute Gasteiger partial charge is 0.489 e. The van der Waals surface area contributed by atoms with Gasteiger partial charge in [-0.05, 0) is 36.0 Å². The number of aromatic nitrogens is 3. The normalized spacial score (nSPS) is 10.5. The summed E-state index contributed by atoms with van der Waals surface area (Å²) in [7, 11) is 1.83. The van der Waals surface area contributed by atoms with Crippen LogP contribution < -0.4 is 15.4 Å². The third kappa shape index (κ3) is 6.08. The number of amides is 2. The molecule has 0 aliphatic rings. The van der Waals surface area contributed by atoms with Crippen molar-refractivity contribution in [2.75, 3.05) is 11.9 Å². The van der Waals surface area contributed by atoms with Crippen LogP contribution in [0.1, 0.15) is 15.9 Å². The summed E-state index contributed by atoms with van der Waals surface area (Å²) in [5.41, 5.74) is 3.17. The van der Waals surface area contributed by atoms with E-state index in [1.807, 2.05) is 56.0 Å². The Morgan fingerprint density at radius 1 is 1.18 bits per heavy atom. The zero-order valence-corrected chi connectivity index (χ0v) is 18.7. The quantitative estimate of drug-likeness (QED) is 0.375. The minimum absolute atomic E-state index is 0.142. The number of pyridine rings is 1. The number of nitrogens with one attached hydrogen (secondary N) is 2. The smallest absolute Gasteiger partial charge is 0.253 e. The maximum atomic E-state index is 12.2. The number of anilines is 1. The lowest BCUT2D eigenvalue weighted by atomic mass is 10.0. The Morgan fingerprint density at radius 3 is 2.82 bits per heavy atom. The molecule has 1 aromatic carbocycles. The molecule has 0 saturated heterocycles. The second-order valence-corrected chi connectivity index (χ2v) is 7.90. The Labute approximate surface area is 195 Å². The van der Waals surface area contributed by atoms with Crippen molar-refractivity contribution in [1.29, 1.82) is 0 Å².